The summed E-state index contributed by atoms with van der Waals surface area (Å²) in [6.45, 7) is 3.37. The number of nitrogens with one attached hydrogen (secondary N) is 1. The summed E-state index contributed by atoms with van der Waals surface area (Å²) in [7, 11) is 0. The first-order chi connectivity index (χ1) is 11.0. The number of carbonyl (C=O) groups excluding carboxylic acids is 2. The molecule has 2 rings (SSSR count). The maximum absolute atomic E-state index is 12.2. The number of benzene rings is 2. The lowest BCUT2D eigenvalue weighted by Crippen LogP contribution is -2.22. The van der Waals surface area contributed by atoms with Crippen molar-refractivity contribution >= 4 is 40.7 Å². The van der Waals surface area contributed by atoms with Gasteiger partial charge in [0.2, 0.25) is 5.91 Å². The smallest absolute Gasteiger partial charge is 0.237 e. The molecule has 0 fully saturated rings. The van der Waals surface area contributed by atoms with Crippen LogP contribution in [-0.4, -0.2) is 16.9 Å². The van der Waals surface area contributed by atoms with Crippen molar-refractivity contribution in [1.82, 2.24) is 0 Å². The first-order valence-electron chi connectivity index (χ1n) is 7.23. The van der Waals surface area contributed by atoms with Gasteiger partial charge in [-0.25, -0.2) is 0 Å². The molecule has 2 aromatic rings. The summed E-state index contributed by atoms with van der Waals surface area (Å²) in [6, 6.07) is 14.6. The average molecular weight is 348 g/mol. The van der Waals surface area contributed by atoms with Crippen LogP contribution in [0.15, 0.2) is 48.5 Å². The molecule has 0 aliphatic carbocycles. The van der Waals surface area contributed by atoms with Gasteiger partial charge in [-0.3, -0.25) is 9.59 Å². The molecule has 0 radical (unpaired) electrons. The number of hydrogen-bond donors (Lipinski definition) is 1. The fraction of sp³-hybridized carbons (Fsp3) is 0.222. The van der Waals surface area contributed by atoms with Gasteiger partial charge in [0.05, 0.1) is 5.25 Å². The van der Waals surface area contributed by atoms with Crippen LogP contribution in [0.25, 0.3) is 0 Å². The van der Waals surface area contributed by atoms with Crippen molar-refractivity contribution in [3.63, 3.8) is 0 Å². The second kappa shape index (κ2) is 8.18. The summed E-state index contributed by atoms with van der Waals surface area (Å²) in [5.41, 5.74) is 2.35. The first-order valence-corrected chi connectivity index (χ1v) is 8.66. The van der Waals surface area contributed by atoms with Crippen LogP contribution in [0.3, 0.4) is 0 Å². The Bertz CT molecular complexity index is 700. The minimum absolute atomic E-state index is 0.0220. The Balaban J connectivity index is 1.90. The lowest BCUT2D eigenvalue weighted by molar-refractivity contribution is -0.115. The van der Waals surface area contributed by atoms with Crippen LogP contribution in [0.1, 0.15) is 29.8 Å². The quantitative estimate of drug-likeness (QED) is 0.763. The Labute approximate surface area is 145 Å². The molecule has 1 N–H and O–H groups in total. The van der Waals surface area contributed by atoms with E-state index < -0.39 is 0 Å². The molecule has 1 unspecified atom stereocenters. The number of thioether (sulfide) groups is 1. The Morgan fingerprint density at radius 1 is 1.17 bits per heavy atom. The molecule has 1 atom stereocenters. The summed E-state index contributed by atoms with van der Waals surface area (Å²) in [6.07, 6.45) is 0. The SMILES string of the molecule is CC(=O)c1cccc(NC(=O)C(C)SCc2ccc(Cl)cc2)c1. The zero-order valence-corrected chi connectivity index (χ0v) is 14.6. The second-order valence-electron chi connectivity index (χ2n) is 5.21. The normalized spacial score (nSPS) is 11.8. The number of Topliss-reactive ketones (excluding diaryl/α,β-unsaturated/α-hetero) is 1. The number of amides is 1. The van der Waals surface area contributed by atoms with Gasteiger partial charge >= 0.3 is 0 Å². The molecule has 0 aromatic heterocycles. The van der Waals surface area contributed by atoms with Crippen LogP contribution in [0.4, 0.5) is 5.69 Å². The molecule has 0 bridgehead atoms. The lowest BCUT2D eigenvalue weighted by Gasteiger charge is -2.12. The molecule has 0 aliphatic rings. The van der Waals surface area contributed by atoms with Crippen LogP contribution in [0.5, 0.6) is 0 Å². The van der Waals surface area contributed by atoms with E-state index in [0.717, 1.165) is 11.3 Å². The van der Waals surface area contributed by atoms with Crippen molar-refractivity contribution in [2.75, 3.05) is 5.32 Å². The highest BCUT2D eigenvalue weighted by molar-refractivity contribution is 7.99. The lowest BCUT2D eigenvalue weighted by atomic mass is 10.1. The summed E-state index contributed by atoms with van der Waals surface area (Å²) in [4.78, 5) is 23.6. The largest absolute Gasteiger partial charge is 0.325 e. The van der Waals surface area contributed by atoms with E-state index in [1.807, 2.05) is 31.2 Å². The molecular formula is C18H18ClNO2S. The van der Waals surface area contributed by atoms with Crippen LogP contribution >= 0.6 is 23.4 Å². The highest BCUT2D eigenvalue weighted by Gasteiger charge is 2.14. The van der Waals surface area contributed by atoms with Crippen molar-refractivity contribution < 1.29 is 9.59 Å². The molecule has 3 nitrogen and oxygen atoms in total. The minimum Gasteiger partial charge on any atom is -0.325 e. The molecule has 120 valence electrons. The molecule has 1 amide bonds. The molecule has 2 aromatic carbocycles. The van der Waals surface area contributed by atoms with Gasteiger partial charge in [-0.1, -0.05) is 35.9 Å². The third kappa shape index (κ3) is 5.41. The van der Waals surface area contributed by atoms with E-state index in [9.17, 15) is 9.59 Å². The van der Waals surface area contributed by atoms with Gasteiger partial charge in [0.15, 0.2) is 5.78 Å². The molecule has 23 heavy (non-hydrogen) atoms. The van der Waals surface area contributed by atoms with Crippen LogP contribution in [0, 0.1) is 0 Å². The fourth-order valence-electron chi connectivity index (χ4n) is 1.94. The van der Waals surface area contributed by atoms with E-state index in [1.165, 1.54) is 6.92 Å². The van der Waals surface area contributed by atoms with Crippen molar-refractivity contribution in [2.45, 2.75) is 24.9 Å². The van der Waals surface area contributed by atoms with Crippen LogP contribution < -0.4 is 5.32 Å². The van der Waals surface area contributed by atoms with Gasteiger partial charge in [-0.15, -0.1) is 11.8 Å². The molecule has 0 saturated heterocycles. The number of anilines is 1. The van der Waals surface area contributed by atoms with E-state index >= 15 is 0 Å². The van der Waals surface area contributed by atoms with Crippen molar-refractivity contribution in [2.24, 2.45) is 0 Å². The van der Waals surface area contributed by atoms with Gasteiger partial charge in [0, 0.05) is 22.0 Å². The molecule has 0 spiro atoms. The molecule has 5 heteroatoms. The third-order valence-corrected chi connectivity index (χ3v) is 4.79. The molecule has 0 heterocycles. The topological polar surface area (TPSA) is 46.2 Å². The van der Waals surface area contributed by atoms with Gasteiger partial charge < -0.3 is 5.32 Å². The van der Waals surface area contributed by atoms with E-state index in [1.54, 1.807) is 36.0 Å². The summed E-state index contributed by atoms with van der Waals surface area (Å²) >= 11 is 7.41. The van der Waals surface area contributed by atoms with E-state index in [0.29, 0.717) is 16.3 Å². The molecule has 0 saturated carbocycles. The van der Waals surface area contributed by atoms with Crippen LogP contribution in [-0.2, 0) is 10.5 Å². The van der Waals surface area contributed by atoms with E-state index in [2.05, 4.69) is 5.32 Å². The minimum atomic E-state index is -0.202. The van der Waals surface area contributed by atoms with Crippen molar-refractivity contribution in [3.05, 3.63) is 64.7 Å². The zero-order valence-electron chi connectivity index (χ0n) is 13.0. The van der Waals surface area contributed by atoms with Gasteiger partial charge in [-0.2, -0.15) is 0 Å². The Kier molecular flexibility index (Phi) is 6.25. The number of carbonyl (C=O) groups is 2. The second-order valence-corrected chi connectivity index (χ2v) is 6.97. The van der Waals surface area contributed by atoms with Gasteiger partial charge in [0.25, 0.3) is 0 Å². The number of halogens is 1. The highest BCUT2D eigenvalue weighted by Crippen LogP contribution is 2.21. The van der Waals surface area contributed by atoms with Crippen molar-refractivity contribution in [3.8, 4) is 0 Å². The van der Waals surface area contributed by atoms with Crippen molar-refractivity contribution in [1.29, 1.82) is 0 Å². The van der Waals surface area contributed by atoms with E-state index in [4.69, 9.17) is 11.6 Å². The average Bonchev–Trinajstić information content (AvgIpc) is 2.54. The first kappa shape index (κ1) is 17.6. The number of rotatable bonds is 6. The standard InChI is InChI=1S/C18H18ClNO2S/c1-12(21)15-4-3-5-17(10-15)20-18(22)13(2)23-11-14-6-8-16(19)9-7-14/h3-10,13H,11H2,1-2H3,(H,20,22). The predicted molar refractivity (Wildman–Crippen MR) is 97.3 cm³/mol. The zero-order chi connectivity index (χ0) is 16.8. The summed E-state index contributed by atoms with van der Waals surface area (Å²) in [5, 5.41) is 3.35. The predicted octanol–water partition coefficient (Wildman–Crippen LogP) is 4.80. The highest BCUT2D eigenvalue weighted by atomic mass is 35.5. The monoisotopic (exact) mass is 347 g/mol. The fourth-order valence-corrected chi connectivity index (χ4v) is 2.91. The van der Waals surface area contributed by atoms with Gasteiger partial charge in [0.1, 0.15) is 0 Å². The van der Waals surface area contributed by atoms with E-state index in [-0.39, 0.29) is 16.9 Å². The Morgan fingerprint density at radius 2 is 1.87 bits per heavy atom. The third-order valence-electron chi connectivity index (χ3n) is 3.32. The maximum atomic E-state index is 12.2. The summed E-state index contributed by atoms with van der Waals surface area (Å²) in [5.74, 6) is 0.634. The molecule has 0 aliphatic heterocycles. The number of ketones is 1. The van der Waals surface area contributed by atoms with Crippen LogP contribution in [0.2, 0.25) is 5.02 Å². The molecular weight excluding hydrogens is 330 g/mol. The Hall–Kier alpha value is -1.78. The number of hydrogen-bond acceptors (Lipinski definition) is 3. The summed E-state index contributed by atoms with van der Waals surface area (Å²) < 4.78 is 0. The maximum Gasteiger partial charge on any atom is 0.237 e. The Morgan fingerprint density at radius 3 is 2.52 bits per heavy atom. The van der Waals surface area contributed by atoms with Gasteiger partial charge in [-0.05, 0) is 43.7 Å².